The van der Waals surface area contributed by atoms with Crippen molar-refractivity contribution >= 4 is 5.96 Å². The van der Waals surface area contributed by atoms with E-state index in [2.05, 4.69) is 57.1 Å². The fourth-order valence-electron chi connectivity index (χ4n) is 5.76. The Hall–Kier alpha value is -0.930. The van der Waals surface area contributed by atoms with Crippen molar-refractivity contribution in [2.75, 3.05) is 118 Å². The Kier molecular flexibility index (Phi) is 12.7. The molecule has 0 saturated carbocycles. The fraction of sp³-hybridized carbons (Fsp3) is 0.964. The quantitative estimate of drug-likeness (QED) is 0.260. The number of nitrogens with two attached hydrogens (primary N) is 1. The first-order valence-corrected chi connectivity index (χ1v) is 15.0. The van der Waals surface area contributed by atoms with E-state index in [-0.39, 0.29) is 0 Å². The molecular weight excluding hydrogens is 448 g/mol. The summed E-state index contributed by atoms with van der Waals surface area (Å²) in [4.78, 5) is 20.8. The summed E-state index contributed by atoms with van der Waals surface area (Å²) in [6.45, 7) is 29.3. The number of hydrogen-bond donors (Lipinski definition) is 1. The summed E-state index contributed by atoms with van der Waals surface area (Å²) in [6, 6.07) is 0. The van der Waals surface area contributed by atoms with Crippen LogP contribution in [0, 0.1) is 5.41 Å². The molecule has 0 aromatic carbocycles. The molecule has 0 aliphatic carbocycles. The molecule has 8 nitrogen and oxygen atoms in total. The average Bonchev–Trinajstić information content (AvgIpc) is 2.86. The minimum Gasteiger partial charge on any atom is -0.340 e. The zero-order valence-electron chi connectivity index (χ0n) is 24.3. The molecule has 0 spiro atoms. The highest BCUT2D eigenvalue weighted by Crippen LogP contribution is 2.21. The lowest BCUT2D eigenvalue weighted by molar-refractivity contribution is 0.131. The molecule has 8 heteroatoms. The molecule has 3 rings (SSSR count). The van der Waals surface area contributed by atoms with Gasteiger partial charge in [-0.3, -0.25) is 19.7 Å². The Morgan fingerprint density at radius 2 is 1.11 bits per heavy atom. The van der Waals surface area contributed by atoms with Crippen LogP contribution in [0.25, 0.3) is 0 Å². The van der Waals surface area contributed by atoms with Gasteiger partial charge in [-0.05, 0) is 37.8 Å². The summed E-state index contributed by atoms with van der Waals surface area (Å²) in [6.07, 6.45) is 5.28. The second kappa shape index (κ2) is 15.5. The summed E-state index contributed by atoms with van der Waals surface area (Å²) in [7, 11) is 0. The first kappa shape index (κ1) is 29.6. The van der Waals surface area contributed by atoms with Gasteiger partial charge in [0.2, 0.25) is 0 Å². The van der Waals surface area contributed by atoms with Crippen molar-refractivity contribution in [2.45, 2.75) is 53.4 Å². The van der Waals surface area contributed by atoms with Gasteiger partial charge in [0.25, 0.3) is 0 Å². The van der Waals surface area contributed by atoms with Crippen LogP contribution in [0.15, 0.2) is 4.99 Å². The van der Waals surface area contributed by atoms with E-state index >= 15 is 0 Å². The molecule has 3 aliphatic rings. The van der Waals surface area contributed by atoms with E-state index in [0.29, 0.717) is 5.41 Å². The van der Waals surface area contributed by atoms with Crippen LogP contribution < -0.4 is 5.73 Å². The molecular formula is C28H58N8. The van der Waals surface area contributed by atoms with E-state index < -0.39 is 0 Å². The van der Waals surface area contributed by atoms with E-state index in [1.807, 2.05) is 0 Å². The number of aliphatic imine (C=N–C) groups is 1. The SMILES string of the molecule is CCCN1CCN(C(=NCCN2CCN(CCCCC(C)(C)C)CC2)N2CCN(CCN)CC2)CC1. The van der Waals surface area contributed by atoms with Crippen LogP contribution in [0.1, 0.15) is 53.4 Å². The molecule has 210 valence electrons. The molecule has 0 aromatic heterocycles. The zero-order chi connectivity index (χ0) is 25.8. The molecule has 2 N–H and O–H groups in total. The van der Waals surface area contributed by atoms with E-state index in [4.69, 9.17) is 10.7 Å². The number of piperazine rings is 3. The van der Waals surface area contributed by atoms with Gasteiger partial charge in [-0.15, -0.1) is 0 Å². The predicted octanol–water partition coefficient (Wildman–Crippen LogP) is 1.78. The molecule has 36 heavy (non-hydrogen) atoms. The van der Waals surface area contributed by atoms with Crippen molar-refractivity contribution in [1.29, 1.82) is 0 Å². The van der Waals surface area contributed by atoms with Crippen molar-refractivity contribution in [1.82, 2.24) is 29.4 Å². The number of guanidine groups is 1. The molecule has 0 bridgehead atoms. The second-order valence-corrected chi connectivity index (χ2v) is 12.3. The average molecular weight is 507 g/mol. The lowest BCUT2D eigenvalue weighted by atomic mass is 9.90. The molecule has 0 unspecified atom stereocenters. The number of hydrogen-bond acceptors (Lipinski definition) is 6. The molecule has 3 heterocycles. The van der Waals surface area contributed by atoms with Crippen molar-refractivity contribution in [3.05, 3.63) is 0 Å². The highest BCUT2D eigenvalue weighted by molar-refractivity contribution is 5.80. The topological polar surface area (TPSA) is 57.8 Å². The summed E-state index contributed by atoms with van der Waals surface area (Å²) >= 11 is 0. The lowest BCUT2D eigenvalue weighted by Crippen LogP contribution is -2.58. The third-order valence-corrected chi connectivity index (χ3v) is 8.08. The second-order valence-electron chi connectivity index (χ2n) is 12.3. The van der Waals surface area contributed by atoms with Crippen molar-refractivity contribution in [3.63, 3.8) is 0 Å². The molecule has 3 fully saturated rings. The third-order valence-electron chi connectivity index (χ3n) is 8.08. The Bertz CT molecular complexity index is 582. The molecule has 3 aliphatic heterocycles. The number of rotatable bonds is 11. The van der Waals surface area contributed by atoms with Gasteiger partial charge in [0.05, 0.1) is 6.54 Å². The van der Waals surface area contributed by atoms with Gasteiger partial charge < -0.3 is 20.4 Å². The highest BCUT2D eigenvalue weighted by Gasteiger charge is 2.26. The molecule has 3 saturated heterocycles. The van der Waals surface area contributed by atoms with Crippen LogP contribution in [0.2, 0.25) is 0 Å². The van der Waals surface area contributed by atoms with Crippen LogP contribution in [-0.4, -0.2) is 153 Å². The Morgan fingerprint density at radius 3 is 1.61 bits per heavy atom. The summed E-state index contributed by atoms with van der Waals surface area (Å²) in [5.41, 5.74) is 6.27. The van der Waals surface area contributed by atoms with Gasteiger partial charge in [-0.1, -0.05) is 34.1 Å². The summed E-state index contributed by atoms with van der Waals surface area (Å²) < 4.78 is 0. The standard InChI is InChI=1S/C28H58N8/c1-5-11-31-19-23-35(24-20-31)27(36-25-21-33(13-9-29)22-26-36)30-10-14-34-17-15-32(16-18-34)12-7-6-8-28(2,3)4/h5-26,29H2,1-4H3. The summed E-state index contributed by atoms with van der Waals surface area (Å²) in [5, 5.41) is 0. The lowest BCUT2D eigenvalue weighted by Gasteiger charge is -2.43. The zero-order valence-corrected chi connectivity index (χ0v) is 24.3. The number of unbranched alkanes of at least 4 members (excludes halogenated alkanes) is 1. The maximum atomic E-state index is 5.80. The van der Waals surface area contributed by atoms with E-state index in [1.54, 1.807) is 0 Å². The minimum absolute atomic E-state index is 0.471. The predicted molar refractivity (Wildman–Crippen MR) is 154 cm³/mol. The van der Waals surface area contributed by atoms with Crippen LogP contribution >= 0.6 is 0 Å². The Morgan fingerprint density at radius 1 is 0.639 bits per heavy atom. The van der Waals surface area contributed by atoms with Crippen LogP contribution in [0.5, 0.6) is 0 Å². The van der Waals surface area contributed by atoms with Gasteiger partial charge in [0.15, 0.2) is 5.96 Å². The van der Waals surface area contributed by atoms with Gasteiger partial charge in [-0.25, -0.2) is 0 Å². The van der Waals surface area contributed by atoms with Gasteiger partial charge >= 0.3 is 0 Å². The largest absolute Gasteiger partial charge is 0.340 e. The molecule has 0 atom stereocenters. The van der Waals surface area contributed by atoms with Crippen molar-refractivity contribution in [2.24, 2.45) is 16.1 Å². The first-order valence-electron chi connectivity index (χ1n) is 15.0. The van der Waals surface area contributed by atoms with Gasteiger partial charge in [0, 0.05) is 98.2 Å². The van der Waals surface area contributed by atoms with E-state index in [9.17, 15) is 0 Å². The van der Waals surface area contributed by atoms with Crippen molar-refractivity contribution < 1.29 is 0 Å². The first-order chi connectivity index (χ1) is 17.4. The third kappa shape index (κ3) is 10.4. The van der Waals surface area contributed by atoms with E-state index in [1.165, 1.54) is 70.9 Å². The van der Waals surface area contributed by atoms with Gasteiger partial charge in [-0.2, -0.15) is 0 Å². The Balaban J connectivity index is 1.44. The van der Waals surface area contributed by atoms with Crippen LogP contribution in [0.3, 0.4) is 0 Å². The smallest absolute Gasteiger partial charge is 0.196 e. The monoisotopic (exact) mass is 506 g/mol. The molecule has 0 radical (unpaired) electrons. The Labute approximate surface area is 222 Å². The van der Waals surface area contributed by atoms with Crippen LogP contribution in [0.4, 0.5) is 0 Å². The summed E-state index contributed by atoms with van der Waals surface area (Å²) in [5.74, 6) is 1.26. The fourth-order valence-corrected chi connectivity index (χ4v) is 5.76. The molecule has 0 amide bonds. The minimum atomic E-state index is 0.471. The number of nitrogens with zero attached hydrogens (tertiary/aromatic N) is 7. The normalized spacial score (nSPS) is 22.5. The van der Waals surface area contributed by atoms with E-state index in [0.717, 1.165) is 78.5 Å². The van der Waals surface area contributed by atoms with Crippen LogP contribution in [-0.2, 0) is 0 Å². The van der Waals surface area contributed by atoms with Gasteiger partial charge in [0.1, 0.15) is 0 Å². The van der Waals surface area contributed by atoms with Crippen molar-refractivity contribution in [3.8, 4) is 0 Å². The highest BCUT2D eigenvalue weighted by atomic mass is 15.4. The maximum Gasteiger partial charge on any atom is 0.196 e. The molecule has 0 aromatic rings. The maximum absolute atomic E-state index is 5.80.